The van der Waals surface area contributed by atoms with E-state index in [2.05, 4.69) is 0 Å². The van der Waals surface area contributed by atoms with Crippen LogP contribution in [0.15, 0.2) is 0 Å². The van der Waals surface area contributed by atoms with E-state index >= 15 is 0 Å². The number of rotatable bonds is 0. The van der Waals surface area contributed by atoms with Gasteiger partial charge in [-0.2, -0.15) is 84.2 Å². The molecule has 0 spiro atoms. The molecule has 0 atom stereocenters. The average molecular weight is 2340 g/mol. The van der Waals surface area contributed by atoms with E-state index in [1.54, 1.807) is 0 Å². The van der Waals surface area contributed by atoms with Crippen LogP contribution in [0.4, 0.5) is 0 Å². The van der Waals surface area contributed by atoms with E-state index in [1.807, 2.05) is 0 Å². The first-order valence-electron chi connectivity index (χ1n) is 13.7. The van der Waals surface area contributed by atoms with Crippen molar-refractivity contribution in [2.24, 2.45) is 0 Å². The zero-order valence-electron chi connectivity index (χ0n) is 48.7. The molecule has 0 rings (SSSR count). The molecular weight excluding hydrogens is 2320 g/mol. The maximum absolute atomic E-state index is 8.74. The summed E-state index contributed by atoms with van der Waals surface area (Å²) in [5.74, 6) is 0. The number of hydrogen-bond acceptors (Lipinski definition) is 60. The Morgan fingerprint density at radius 3 is 0.0909 bits per heavy atom. The van der Waals surface area contributed by atoms with Crippen molar-refractivity contribution in [3.05, 3.63) is 0 Å². The molecule has 0 saturated heterocycles. The summed E-state index contributed by atoms with van der Waals surface area (Å²) in [5.41, 5.74) is 0. The van der Waals surface area contributed by atoms with Gasteiger partial charge in [0.1, 0.15) is 0 Å². The molecule has 0 unspecified atom stereocenters. The molecule has 0 amide bonds. The molecule has 0 heterocycles. The second-order valence-corrected chi connectivity index (χ2v) is 25.7. The third kappa shape index (κ3) is 16200. The van der Waals surface area contributed by atoms with Gasteiger partial charge in [-0.3, -0.25) is 175 Å². The van der Waals surface area contributed by atoms with E-state index in [0.717, 1.165) is 0 Å². The van der Waals surface area contributed by atoms with Crippen LogP contribution in [0.1, 0.15) is 0 Å². The molecule has 0 aromatic carbocycles. The van der Waals surface area contributed by atoms with Gasteiger partial charge in [-0.25, -0.2) is 0 Å². The van der Waals surface area contributed by atoms with Crippen LogP contribution < -0.4 is 0 Å². The fourth-order valence-corrected chi connectivity index (χ4v) is 0. The smallest absolute Gasteiger partial charge is 0.759 e. The van der Waals surface area contributed by atoms with Crippen LogP contribution >= 0.6 is 0 Å². The van der Waals surface area contributed by atoms with Gasteiger partial charge in [0, 0.05) is 104 Å². The zero-order chi connectivity index (χ0) is 90.0. The van der Waals surface area contributed by atoms with Crippen molar-refractivity contribution in [1.82, 2.24) is 0 Å². The molecule has 0 bridgehead atoms. The van der Waals surface area contributed by atoms with Gasteiger partial charge in [-0.15, -0.1) is 0 Å². The predicted molar refractivity (Wildman–Crippen MR) is 304 cm³/mol. The second kappa shape index (κ2) is 98.0. The molecule has 20 N–H and O–H groups in total. The molecule has 0 aliphatic rings. The fourth-order valence-electron chi connectivity index (χ4n) is 0. The topological polar surface area (TPSA) is 1550 Å². The van der Waals surface area contributed by atoms with E-state index in [1.165, 1.54) is 0 Å². The quantitative estimate of drug-likeness (QED) is 0.0608. The molecule has 80 nitrogen and oxygen atoms in total. The van der Waals surface area contributed by atoms with Crippen LogP contribution in [0.2, 0.25) is 0 Å². The Balaban J connectivity index is -0.0000000218. The normalized spacial score (nSPS) is 10.5. The first-order chi connectivity index (χ1) is 40.0. The fraction of sp³-hybridized carbons (Fsp3) is 0. The van der Waals surface area contributed by atoms with Crippen LogP contribution in [0.3, 0.4) is 0 Å². The first kappa shape index (κ1) is 210. The van der Waals surface area contributed by atoms with Gasteiger partial charge in [0.15, 0.2) is 0 Å². The first-order valence-corrected chi connectivity index (χ1v) is 41.0. The van der Waals surface area contributed by atoms with E-state index < -0.39 is 208 Å². The van der Waals surface area contributed by atoms with Crippen molar-refractivity contribution < 1.29 is 350 Å². The molecule has 0 aliphatic heterocycles. The third-order valence-corrected chi connectivity index (χ3v) is 0. The molecule has 640 valence electrons. The van der Waals surface area contributed by atoms with Gasteiger partial charge >= 0.3 is 481 Å². The maximum atomic E-state index is 8.74. The predicted octanol–water partition coefficient (Wildman–Crippen LogP) is -23.7. The van der Waals surface area contributed by atoms with Crippen molar-refractivity contribution in [1.29, 1.82) is 0 Å². The van der Waals surface area contributed by atoms with Crippen LogP contribution in [0, 0.1) is 0 Å². The summed E-state index contributed by atoms with van der Waals surface area (Å²) < 4.78 is 657. The molecular formula is H20Ca10O80S20. The average Bonchev–Trinajstić information content (AvgIpc) is 2.87. The molecule has 0 aliphatic carbocycles. The van der Waals surface area contributed by atoms with Crippen molar-refractivity contribution in [2.75, 3.05) is 0 Å². The Morgan fingerprint density at radius 2 is 0.0909 bits per heavy atom. The minimum absolute atomic E-state index is 0. The van der Waals surface area contributed by atoms with Crippen molar-refractivity contribution in [3.8, 4) is 0 Å². The SMILES string of the molecule is O=S(=O)(O)O.O=S(=O)(O)O.O=S(=O)(O)O.O=S(=O)(O)O.O=S(=O)(O)O.O=S(=O)(O)O.O=S(=O)(O)O.O=S(=O)(O)O.O=S(=O)(O)O.O=S(=O)(O)O.O=S(=O)([O-])[O-].O=S(=O)([O-])[O-].O=S(=O)([O-])[O-].O=S(=O)([O-])[O-].O=S(=O)([O-])[O-].O=S(=O)([O-])[O-].O=S(=O)([O-])[O-].O=S(=O)([O-])[O-].O=S(=O)([O-])[O-].O=S(=O)([O-])[O-].[Ca+2].[Ca+2].[Ca+2].[Ca+2].[Ca+2].[Ca+2].[Ca+2].[Ca+2].[Ca+2].[Ca+2]. The summed E-state index contributed by atoms with van der Waals surface area (Å²) in [7, 11) is -98.3. The van der Waals surface area contributed by atoms with Gasteiger partial charge in [0.25, 0.3) is 0 Å². The van der Waals surface area contributed by atoms with Gasteiger partial charge in [-0.05, 0) is 0 Å². The summed E-state index contributed by atoms with van der Waals surface area (Å²) in [6.07, 6.45) is 0. The second-order valence-electron chi connectivity index (χ2n) is 8.56. The Labute approximate surface area is 915 Å². The Kier molecular flexibility index (Phi) is 187. The van der Waals surface area contributed by atoms with Crippen molar-refractivity contribution >= 4 is 585 Å². The van der Waals surface area contributed by atoms with Crippen LogP contribution in [-0.2, 0) is 208 Å². The van der Waals surface area contributed by atoms with E-state index in [4.69, 9.17) is 350 Å². The third-order valence-electron chi connectivity index (χ3n) is 0. The Morgan fingerprint density at radius 1 is 0.0909 bits per heavy atom. The molecule has 0 radical (unpaired) electrons. The zero-order valence-corrected chi connectivity index (χ0v) is 87.1. The summed E-state index contributed by atoms with van der Waals surface area (Å²) in [5, 5.41) is 0. The van der Waals surface area contributed by atoms with Gasteiger partial charge in [0.2, 0.25) is 0 Å². The molecule has 110 heavy (non-hydrogen) atoms. The largest absolute Gasteiger partial charge is 2.00 e. The Bertz CT molecular complexity index is 3080. The maximum Gasteiger partial charge on any atom is 2.00 e. The van der Waals surface area contributed by atoms with E-state index in [0.29, 0.717) is 0 Å². The van der Waals surface area contributed by atoms with E-state index in [-0.39, 0.29) is 377 Å². The molecule has 0 aromatic heterocycles. The number of hydrogen-bond donors (Lipinski definition) is 20. The summed E-state index contributed by atoms with van der Waals surface area (Å²) in [4.78, 5) is 0. The standard InChI is InChI=1S/10Ca.20H2O4S/c;;;;;;;;;;20*1-5(2,3)4/h;;;;;;;;;;20*(H2,1,2,3,4)/q10*+2;;;;;;;;;;;;;;;;;;;;/p-20. The minimum Gasteiger partial charge on any atom is -0.759 e. The Hall–Kier alpha value is 10.00. The van der Waals surface area contributed by atoms with E-state index in [9.17, 15) is 0 Å². The summed E-state index contributed by atoms with van der Waals surface area (Å²) in [6, 6.07) is 0. The van der Waals surface area contributed by atoms with Crippen LogP contribution in [0.5, 0.6) is 0 Å². The minimum atomic E-state index is -5.17. The van der Waals surface area contributed by atoms with Crippen LogP contribution in [0.25, 0.3) is 0 Å². The van der Waals surface area contributed by atoms with Gasteiger partial charge in [-0.1, -0.05) is 0 Å². The summed E-state index contributed by atoms with van der Waals surface area (Å²) >= 11 is 0. The monoisotopic (exact) mass is 2340 g/mol. The van der Waals surface area contributed by atoms with Crippen molar-refractivity contribution in [3.63, 3.8) is 0 Å². The molecule has 0 aromatic rings. The van der Waals surface area contributed by atoms with Gasteiger partial charge in [0.05, 0.1) is 0 Å². The summed E-state index contributed by atoms with van der Waals surface area (Å²) in [6.45, 7) is 0. The molecule has 110 heteroatoms. The van der Waals surface area contributed by atoms with Gasteiger partial charge < -0.3 is 91.1 Å². The van der Waals surface area contributed by atoms with Crippen LogP contribution in [-0.4, -0.2) is 728 Å². The molecule has 0 fully saturated rings. The molecule has 0 saturated carbocycles. The van der Waals surface area contributed by atoms with Crippen molar-refractivity contribution in [2.45, 2.75) is 0 Å².